The Morgan fingerprint density at radius 1 is 1.12 bits per heavy atom. The van der Waals surface area contributed by atoms with E-state index in [-0.39, 0.29) is 5.89 Å². The summed E-state index contributed by atoms with van der Waals surface area (Å²) in [5.74, 6) is 1.91. The van der Waals surface area contributed by atoms with Gasteiger partial charge in [-0.3, -0.25) is 0 Å². The Morgan fingerprint density at radius 3 is 2.54 bits per heavy atom. The Hall–Kier alpha value is -2.44. The SMILES string of the molecule is COc1ccc(-c2noc(/C(Cl)=C/c3ccc(SC)cc3)n2)c(OC)c1. The fraction of sp³-hybridized carbons (Fsp3) is 0.158. The van der Waals surface area contributed by atoms with Gasteiger partial charge in [-0.2, -0.15) is 4.98 Å². The average Bonchev–Trinajstić information content (AvgIpc) is 3.18. The molecule has 134 valence electrons. The minimum absolute atomic E-state index is 0.244. The lowest BCUT2D eigenvalue weighted by atomic mass is 10.2. The van der Waals surface area contributed by atoms with E-state index in [0.717, 1.165) is 5.56 Å². The number of halogens is 1. The molecule has 26 heavy (non-hydrogen) atoms. The summed E-state index contributed by atoms with van der Waals surface area (Å²) in [6.07, 6.45) is 3.82. The molecule has 0 radical (unpaired) electrons. The third-order valence-corrected chi connectivity index (χ3v) is 4.70. The van der Waals surface area contributed by atoms with Crippen LogP contribution in [0.1, 0.15) is 11.5 Å². The normalized spacial score (nSPS) is 11.5. The highest BCUT2D eigenvalue weighted by atomic mass is 35.5. The molecule has 0 saturated heterocycles. The topological polar surface area (TPSA) is 57.4 Å². The fourth-order valence-corrected chi connectivity index (χ4v) is 2.93. The van der Waals surface area contributed by atoms with Crippen molar-refractivity contribution in [2.45, 2.75) is 4.90 Å². The predicted octanol–water partition coefficient (Wildman–Crippen LogP) is 5.21. The first-order chi connectivity index (χ1) is 12.6. The Bertz CT molecular complexity index is 923. The molecule has 0 amide bonds. The third kappa shape index (κ3) is 4.03. The van der Waals surface area contributed by atoms with Crippen LogP contribution in [0.5, 0.6) is 11.5 Å². The minimum Gasteiger partial charge on any atom is -0.497 e. The van der Waals surface area contributed by atoms with Crippen molar-refractivity contribution < 1.29 is 14.0 Å². The molecular weight excluding hydrogens is 372 g/mol. The lowest BCUT2D eigenvalue weighted by molar-refractivity contribution is 0.393. The van der Waals surface area contributed by atoms with Gasteiger partial charge in [-0.25, -0.2) is 0 Å². The van der Waals surface area contributed by atoms with E-state index in [1.54, 1.807) is 44.2 Å². The summed E-state index contributed by atoms with van der Waals surface area (Å²) in [6.45, 7) is 0. The summed E-state index contributed by atoms with van der Waals surface area (Å²) >= 11 is 8.03. The van der Waals surface area contributed by atoms with Crippen molar-refractivity contribution in [1.29, 1.82) is 0 Å². The molecule has 3 rings (SSSR count). The second-order valence-electron chi connectivity index (χ2n) is 5.25. The molecule has 0 saturated carbocycles. The number of thioether (sulfide) groups is 1. The second kappa shape index (κ2) is 8.29. The van der Waals surface area contributed by atoms with Gasteiger partial charge in [0.1, 0.15) is 16.5 Å². The second-order valence-corrected chi connectivity index (χ2v) is 6.54. The molecular formula is C19H17ClN2O3S. The standard InChI is InChI=1S/C19H17ClN2O3S/c1-23-13-6-9-15(17(11-13)24-2)18-21-19(25-22-18)16(20)10-12-4-7-14(26-3)8-5-12/h4-11H,1-3H3/b16-10-. The van der Waals surface area contributed by atoms with E-state index in [9.17, 15) is 0 Å². The zero-order valence-electron chi connectivity index (χ0n) is 14.5. The molecule has 7 heteroatoms. The molecule has 0 spiro atoms. The first kappa shape index (κ1) is 18.4. The summed E-state index contributed by atoms with van der Waals surface area (Å²) in [6, 6.07) is 13.4. The van der Waals surface area contributed by atoms with Crippen LogP contribution in [0.4, 0.5) is 0 Å². The van der Waals surface area contributed by atoms with E-state index < -0.39 is 0 Å². The van der Waals surface area contributed by atoms with E-state index in [1.165, 1.54) is 4.90 Å². The lowest BCUT2D eigenvalue weighted by Crippen LogP contribution is -1.91. The number of ether oxygens (including phenoxy) is 2. The summed E-state index contributed by atoms with van der Waals surface area (Å²) in [4.78, 5) is 5.56. The van der Waals surface area contributed by atoms with Crippen LogP contribution >= 0.6 is 23.4 Å². The number of methoxy groups -OCH3 is 2. The van der Waals surface area contributed by atoms with E-state index in [2.05, 4.69) is 10.1 Å². The molecule has 0 fully saturated rings. The fourth-order valence-electron chi connectivity index (χ4n) is 2.32. The van der Waals surface area contributed by atoms with Gasteiger partial charge in [0.15, 0.2) is 0 Å². The largest absolute Gasteiger partial charge is 0.497 e. The zero-order valence-corrected chi connectivity index (χ0v) is 16.1. The molecule has 0 aliphatic carbocycles. The van der Waals surface area contributed by atoms with Crippen molar-refractivity contribution in [3.8, 4) is 22.9 Å². The molecule has 2 aromatic carbocycles. The van der Waals surface area contributed by atoms with Crippen LogP contribution in [0.3, 0.4) is 0 Å². The van der Waals surface area contributed by atoms with Crippen molar-refractivity contribution in [2.75, 3.05) is 20.5 Å². The van der Waals surface area contributed by atoms with E-state index in [0.29, 0.717) is 27.9 Å². The molecule has 1 aromatic heterocycles. The summed E-state index contributed by atoms with van der Waals surface area (Å²) < 4.78 is 15.9. The molecule has 0 atom stereocenters. The van der Waals surface area contributed by atoms with Gasteiger partial charge in [0.2, 0.25) is 5.82 Å². The van der Waals surface area contributed by atoms with Gasteiger partial charge in [-0.15, -0.1) is 11.8 Å². The Balaban J connectivity index is 1.88. The van der Waals surface area contributed by atoms with Crippen molar-refractivity contribution in [3.05, 3.63) is 53.9 Å². The van der Waals surface area contributed by atoms with E-state index >= 15 is 0 Å². The molecule has 0 bridgehead atoms. The van der Waals surface area contributed by atoms with Crippen LogP contribution in [-0.4, -0.2) is 30.6 Å². The van der Waals surface area contributed by atoms with Crippen LogP contribution in [0, 0.1) is 0 Å². The van der Waals surface area contributed by atoms with Crippen molar-refractivity contribution in [1.82, 2.24) is 10.1 Å². The summed E-state index contributed by atoms with van der Waals surface area (Å²) in [5, 5.41) is 4.37. The maximum Gasteiger partial charge on any atom is 0.269 e. The predicted molar refractivity (Wildman–Crippen MR) is 105 cm³/mol. The summed E-state index contributed by atoms with van der Waals surface area (Å²) in [5.41, 5.74) is 1.65. The highest BCUT2D eigenvalue weighted by Gasteiger charge is 2.16. The highest BCUT2D eigenvalue weighted by molar-refractivity contribution is 7.98. The van der Waals surface area contributed by atoms with Gasteiger partial charge >= 0.3 is 0 Å². The van der Waals surface area contributed by atoms with Crippen LogP contribution < -0.4 is 9.47 Å². The number of aromatic nitrogens is 2. The van der Waals surface area contributed by atoms with Crippen molar-refractivity contribution >= 4 is 34.5 Å². The quantitative estimate of drug-likeness (QED) is 0.540. The Morgan fingerprint density at radius 2 is 1.88 bits per heavy atom. The van der Waals surface area contributed by atoms with Crippen LogP contribution in [-0.2, 0) is 0 Å². The van der Waals surface area contributed by atoms with Gasteiger partial charge in [-0.05, 0) is 42.2 Å². The van der Waals surface area contributed by atoms with Crippen LogP contribution in [0.25, 0.3) is 22.5 Å². The van der Waals surface area contributed by atoms with Gasteiger partial charge < -0.3 is 14.0 Å². The maximum absolute atomic E-state index is 6.34. The van der Waals surface area contributed by atoms with Crippen molar-refractivity contribution in [2.24, 2.45) is 0 Å². The zero-order chi connectivity index (χ0) is 18.5. The molecule has 1 heterocycles. The lowest BCUT2D eigenvalue weighted by Gasteiger charge is -2.07. The van der Waals surface area contributed by atoms with Crippen molar-refractivity contribution in [3.63, 3.8) is 0 Å². The number of nitrogens with zero attached hydrogens (tertiary/aromatic N) is 2. The van der Waals surface area contributed by atoms with Gasteiger partial charge in [-0.1, -0.05) is 28.9 Å². The van der Waals surface area contributed by atoms with Crippen LogP contribution in [0.2, 0.25) is 0 Å². The molecule has 0 unspecified atom stereocenters. The summed E-state index contributed by atoms with van der Waals surface area (Å²) in [7, 11) is 3.17. The number of rotatable bonds is 6. The minimum atomic E-state index is 0.244. The monoisotopic (exact) mass is 388 g/mol. The number of hydrogen-bond donors (Lipinski definition) is 0. The van der Waals surface area contributed by atoms with Crippen LogP contribution in [0.15, 0.2) is 51.9 Å². The molecule has 0 aliphatic rings. The smallest absolute Gasteiger partial charge is 0.269 e. The number of benzene rings is 2. The average molecular weight is 389 g/mol. The molecule has 5 nitrogen and oxygen atoms in total. The first-order valence-electron chi connectivity index (χ1n) is 7.72. The first-order valence-corrected chi connectivity index (χ1v) is 9.32. The molecule has 0 aliphatic heterocycles. The molecule has 0 N–H and O–H groups in total. The van der Waals surface area contributed by atoms with Gasteiger partial charge in [0.05, 0.1) is 19.8 Å². The third-order valence-electron chi connectivity index (χ3n) is 3.69. The molecule has 3 aromatic rings. The van der Waals surface area contributed by atoms with E-state index in [4.69, 9.17) is 25.6 Å². The Labute approximate surface area is 161 Å². The van der Waals surface area contributed by atoms with Gasteiger partial charge in [0.25, 0.3) is 5.89 Å². The number of hydrogen-bond acceptors (Lipinski definition) is 6. The highest BCUT2D eigenvalue weighted by Crippen LogP contribution is 2.32. The van der Waals surface area contributed by atoms with Gasteiger partial charge in [0, 0.05) is 11.0 Å². The Kier molecular flexibility index (Phi) is 5.85. The van der Waals surface area contributed by atoms with E-state index in [1.807, 2.05) is 36.6 Å². The maximum atomic E-state index is 6.34.